The number of unbranched alkanes of at least 4 members (excludes halogenated alkanes) is 1. The molecular weight excluding hydrogens is 136 g/mol. The monoisotopic (exact) mass is 152 g/mol. The minimum atomic E-state index is -0.616. The van der Waals surface area contributed by atoms with Crippen LogP contribution in [-0.4, -0.2) is 10.7 Å². The highest BCUT2D eigenvalue weighted by Gasteiger charge is 2.28. The van der Waals surface area contributed by atoms with Gasteiger partial charge < -0.3 is 5.11 Å². The predicted octanol–water partition coefficient (Wildman–Crippen LogP) is 2.09. The normalized spacial score (nSPS) is 20.9. The van der Waals surface area contributed by atoms with Gasteiger partial charge in [-0.25, -0.2) is 0 Å². The summed E-state index contributed by atoms with van der Waals surface area (Å²) in [7, 11) is 0. The van der Waals surface area contributed by atoms with Crippen LogP contribution in [0.5, 0.6) is 0 Å². The Bertz CT molecular complexity index is 167. The van der Waals surface area contributed by atoms with Crippen molar-refractivity contribution in [3.63, 3.8) is 0 Å². The third-order valence-electron chi connectivity index (χ3n) is 2.13. The third kappa shape index (κ3) is 2.55. The van der Waals surface area contributed by atoms with Crippen molar-refractivity contribution in [2.45, 2.75) is 51.0 Å². The van der Waals surface area contributed by atoms with E-state index in [0.29, 0.717) is 0 Å². The van der Waals surface area contributed by atoms with Gasteiger partial charge in [0.05, 0.1) is 0 Å². The Morgan fingerprint density at radius 1 is 1.36 bits per heavy atom. The zero-order valence-electron chi connectivity index (χ0n) is 7.19. The molecule has 1 heteroatoms. The molecule has 0 atom stereocenters. The zero-order chi connectivity index (χ0) is 8.16. The molecule has 0 amide bonds. The van der Waals surface area contributed by atoms with Crippen molar-refractivity contribution in [3.05, 3.63) is 0 Å². The van der Waals surface area contributed by atoms with Gasteiger partial charge in [-0.05, 0) is 32.1 Å². The maximum Gasteiger partial charge on any atom is 0.125 e. The van der Waals surface area contributed by atoms with Crippen molar-refractivity contribution < 1.29 is 5.11 Å². The molecule has 0 radical (unpaired) electrons. The van der Waals surface area contributed by atoms with Crippen molar-refractivity contribution in [2.75, 3.05) is 0 Å². The number of hydrogen-bond acceptors (Lipinski definition) is 1. The summed E-state index contributed by atoms with van der Waals surface area (Å²) in [6.07, 6.45) is 6.04. The number of hydrogen-bond donors (Lipinski definition) is 1. The smallest absolute Gasteiger partial charge is 0.125 e. The van der Waals surface area contributed by atoms with E-state index in [9.17, 15) is 5.11 Å². The SMILES string of the molecule is CCCC#CC1(O)CCCC1. The lowest BCUT2D eigenvalue weighted by Crippen LogP contribution is -2.20. The first-order chi connectivity index (χ1) is 5.27. The molecule has 0 heterocycles. The quantitative estimate of drug-likeness (QED) is 0.570. The lowest BCUT2D eigenvalue weighted by atomic mass is 10.0. The average Bonchev–Trinajstić information content (AvgIpc) is 2.38. The Kier molecular flexibility index (Phi) is 2.96. The van der Waals surface area contributed by atoms with Crippen molar-refractivity contribution in [2.24, 2.45) is 0 Å². The van der Waals surface area contributed by atoms with Gasteiger partial charge in [-0.2, -0.15) is 0 Å². The van der Waals surface area contributed by atoms with Gasteiger partial charge >= 0.3 is 0 Å². The highest BCUT2D eigenvalue weighted by atomic mass is 16.3. The second-order valence-electron chi connectivity index (χ2n) is 3.29. The van der Waals surface area contributed by atoms with E-state index >= 15 is 0 Å². The lowest BCUT2D eigenvalue weighted by Gasteiger charge is -2.12. The number of aliphatic hydroxyl groups is 1. The largest absolute Gasteiger partial charge is 0.378 e. The van der Waals surface area contributed by atoms with E-state index in [1.165, 1.54) is 0 Å². The molecule has 0 saturated heterocycles. The Morgan fingerprint density at radius 2 is 2.00 bits per heavy atom. The summed E-state index contributed by atoms with van der Waals surface area (Å²) in [5, 5.41) is 9.74. The summed E-state index contributed by atoms with van der Waals surface area (Å²) in [6.45, 7) is 2.10. The van der Waals surface area contributed by atoms with Crippen LogP contribution >= 0.6 is 0 Å². The van der Waals surface area contributed by atoms with E-state index < -0.39 is 5.60 Å². The van der Waals surface area contributed by atoms with Gasteiger partial charge in [-0.3, -0.25) is 0 Å². The second-order valence-corrected chi connectivity index (χ2v) is 3.29. The third-order valence-corrected chi connectivity index (χ3v) is 2.13. The summed E-state index contributed by atoms with van der Waals surface area (Å²) < 4.78 is 0. The first kappa shape index (κ1) is 8.62. The van der Waals surface area contributed by atoms with Gasteiger partial charge in [0.25, 0.3) is 0 Å². The molecular formula is C10H16O. The van der Waals surface area contributed by atoms with Crippen LogP contribution in [-0.2, 0) is 0 Å². The van der Waals surface area contributed by atoms with E-state index in [1.807, 2.05) is 0 Å². The van der Waals surface area contributed by atoms with Crippen molar-refractivity contribution in [1.29, 1.82) is 0 Å². The van der Waals surface area contributed by atoms with E-state index in [4.69, 9.17) is 0 Å². The summed E-state index contributed by atoms with van der Waals surface area (Å²) in [5.41, 5.74) is -0.616. The van der Waals surface area contributed by atoms with Crippen LogP contribution < -0.4 is 0 Å². The van der Waals surface area contributed by atoms with Crippen LogP contribution in [0.3, 0.4) is 0 Å². The summed E-state index contributed by atoms with van der Waals surface area (Å²) in [5.74, 6) is 5.98. The maximum atomic E-state index is 9.74. The molecule has 1 aliphatic rings. The van der Waals surface area contributed by atoms with E-state index in [1.54, 1.807) is 0 Å². The van der Waals surface area contributed by atoms with Gasteiger partial charge in [0.1, 0.15) is 5.60 Å². The molecule has 1 fully saturated rings. The average molecular weight is 152 g/mol. The van der Waals surface area contributed by atoms with Crippen LogP contribution in [0, 0.1) is 11.8 Å². The fraction of sp³-hybridized carbons (Fsp3) is 0.800. The molecule has 1 rings (SSSR count). The van der Waals surface area contributed by atoms with Crippen molar-refractivity contribution in [1.82, 2.24) is 0 Å². The van der Waals surface area contributed by atoms with E-state index in [2.05, 4.69) is 18.8 Å². The minimum absolute atomic E-state index is 0.616. The highest BCUT2D eigenvalue weighted by molar-refractivity contribution is 5.15. The summed E-state index contributed by atoms with van der Waals surface area (Å²) >= 11 is 0. The van der Waals surface area contributed by atoms with Crippen LogP contribution in [0.4, 0.5) is 0 Å². The first-order valence-electron chi connectivity index (χ1n) is 4.49. The highest BCUT2D eigenvalue weighted by Crippen LogP contribution is 2.28. The Labute approximate surface area is 68.8 Å². The molecule has 1 saturated carbocycles. The van der Waals surface area contributed by atoms with Gasteiger partial charge in [0.15, 0.2) is 0 Å². The zero-order valence-corrected chi connectivity index (χ0v) is 7.19. The van der Waals surface area contributed by atoms with E-state index in [-0.39, 0.29) is 0 Å². The maximum absolute atomic E-state index is 9.74. The standard InChI is InChI=1S/C10H16O/c1-2-3-4-7-10(11)8-5-6-9-10/h11H,2-3,5-6,8-9H2,1H3. The summed E-state index contributed by atoms with van der Waals surface area (Å²) in [6, 6.07) is 0. The topological polar surface area (TPSA) is 20.2 Å². The molecule has 0 unspecified atom stereocenters. The molecule has 0 aromatic carbocycles. The van der Waals surface area contributed by atoms with E-state index in [0.717, 1.165) is 38.5 Å². The molecule has 1 nitrogen and oxygen atoms in total. The molecule has 1 aliphatic carbocycles. The molecule has 0 aliphatic heterocycles. The second kappa shape index (κ2) is 3.78. The molecule has 0 aromatic heterocycles. The lowest BCUT2D eigenvalue weighted by molar-refractivity contribution is 0.110. The van der Waals surface area contributed by atoms with Crippen molar-refractivity contribution in [3.8, 4) is 11.8 Å². The molecule has 0 bridgehead atoms. The molecule has 11 heavy (non-hydrogen) atoms. The van der Waals surface area contributed by atoms with Gasteiger partial charge in [0.2, 0.25) is 0 Å². The Hall–Kier alpha value is -0.480. The van der Waals surface area contributed by atoms with Crippen LogP contribution in [0.25, 0.3) is 0 Å². The molecule has 0 spiro atoms. The molecule has 62 valence electrons. The molecule has 0 aromatic rings. The van der Waals surface area contributed by atoms with Crippen molar-refractivity contribution >= 4 is 0 Å². The fourth-order valence-corrected chi connectivity index (χ4v) is 1.44. The van der Waals surface area contributed by atoms with Crippen LogP contribution in [0.2, 0.25) is 0 Å². The fourth-order valence-electron chi connectivity index (χ4n) is 1.44. The Balaban J connectivity index is 2.40. The summed E-state index contributed by atoms with van der Waals surface area (Å²) in [4.78, 5) is 0. The first-order valence-corrected chi connectivity index (χ1v) is 4.49. The minimum Gasteiger partial charge on any atom is -0.378 e. The van der Waals surface area contributed by atoms with Crippen LogP contribution in [0.15, 0.2) is 0 Å². The van der Waals surface area contributed by atoms with Gasteiger partial charge in [0, 0.05) is 6.42 Å². The predicted molar refractivity (Wildman–Crippen MR) is 46.1 cm³/mol. The Morgan fingerprint density at radius 3 is 2.55 bits per heavy atom. The number of rotatable bonds is 1. The molecule has 1 N–H and O–H groups in total. The van der Waals surface area contributed by atoms with Gasteiger partial charge in [-0.15, -0.1) is 5.92 Å². The van der Waals surface area contributed by atoms with Gasteiger partial charge in [-0.1, -0.05) is 12.8 Å². The van der Waals surface area contributed by atoms with Crippen LogP contribution in [0.1, 0.15) is 45.4 Å².